The summed E-state index contributed by atoms with van der Waals surface area (Å²) in [5, 5.41) is 9.65. The Balaban J connectivity index is 2.45. The molecule has 1 N–H and O–H groups in total. The minimum absolute atomic E-state index is 0.0536. The van der Waals surface area contributed by atoms with Crippen LogP contribution in [-0.2, 0) is 0 Å². The van der Waals surface area contributed by atoms with E-state index in [4.69, 9.17) is 0 Å². The molecule has 1 atom stereocenters. The van der Waals surface area contributed by atoms with Crippen molar-refractivity contribution in [3.63, 3.8) is 0 Å². The van der Waals surface area contributed by atoms with Crippen LogP contribution in [0.1, 0.15) is 34.5 Å². The molecular weight excluding hydrogens is 212 g/mol. The van der Waals surface area contributed by atoms with E-state index in [1.807, 2.05) is 30.3 Å². The number of aliphatic hydroxyl groups is 1. The van der Waals surface area contributed by atoms with Gasteiger partial charge in [-0.1, -0.05) is 54.6 Å². The van der Waals surface area contributed by atoms with Crippen molar-refractivity contribution in [2.45, 2.75) is 13.0 Å². The van der Waals surface area contributed by atoms with Crippen LogP contribution in [0.3, 0.4) is 0 Å². The molecular formula is C15H14O2. The standard InChI is InChI=1S/C15H14O2/c1-11(16)13-9-5-6-10-14(13)15(17)12-7-3-2-4-8-12/h2-11,16H,1H3. The van der Waals surface area contributed by atoms with Gasteiger partial charge in [-0.15, -0.1) is 0 Å². The summed E-state index contributed by atoms with van der Waals surface area (Å²) in [5.74, 6) is -0.0536. The summed E-state index contributed by atoms with van der Waals surface area (Å²) in [6.45, 7) is 1.66. The summed E-state index contributed by atoms with van der Waals surface area (Å²) in [4.78, 5) is 12.3. The van der Waals surface area contributed by atoms with Crippen molar-refractivity contribution in [1.82, 2.24) is 0 Å². The molecule has 86 valence electrons. The minimum Gasteiger partial charge on any atom is -0.389 e. The highest BCUT2D eigenvalue weighted by molar-refractivity contribution is 6.09. The largest absolute Gasteiger partial charge is 0.389 e. The van der Waals surface area contributed by atoms with E-state index in [1.165, 1.54) is 0 Å². The molecule has 17 heavy (non-hydrogen) atoms. The maximum Gasteiger partial charge on any atom is 0.193 e. The van der Waals surface area contributed by atoms with E-state index >= 15 is 0 Å². The SMILES string of the molecule is CC(O)c1ccccc1C(=O)c1ccccc1. The molecule has 1 unspecified atom stereocenters. The Hall–Kier alpha value is -1.93. The highest BCUT2D eigenvalue weighted by Crippen LogP contribution is 2.20. The lowest BCUT2D eigenvalue weighted by Gasteiger charge is -2.10. The molecule has 0 aliphatic carbocycles. The average molecular weight is 226 g/mol. The average Bonchev–Trinajstić information content (AvgIpc) is 2.39. The van der Waals surface area contributed by atoms with Crippen LogP contribution >= 0.6 is 0 Å². The zero-order chi connectivity index (χ0) is 12.3. The van der Waals surface area contributed by atoms with E-state index < -0.39 is 6.10 Å². The fraction of sp³-hybridized carbons (Fsp3) is 0.133. The first-order valence-corrected chi connectivity index (χ1v) is 5.57. The number of aliphatic hydroxyl groups excluding tert-OH is 1. The zero-order valence-corrected chi connectivity index (χ0v) is 9.63. The van der Waals surface area contributed by atoms with Crippen LogP contribution in [0.4, 0.5) is 0 Å². The molecule has 2 rings (SSSR count). The normalized spacial score (nSPS) is 12.1. The first-order chi connectivity index (χ1) is 8.20. The predicted molar refractivity (Wildman–Crippen MR) is 67.0 cm³/mol. The molecule has 0 spiro atoms. The van der Waals surface area contributed by atoms with Crippen molar-refractivity contribution in [1.29, 1.82) is 0 Å². The lowest BCUT2D eigenvalue weighted by atomic mass is 9.96. The Morgan fingerprint density at radius 1 is 1.00 bits per heavy atom. The molecule has 2 nitrogen and oxygen atoms in total. The highest BCUT2D eigenvalue weighted by Gasteiger charge is 2.15. The first kappa shape index (κ1) is 11.6. The summed E-state index contributed by atoms with van der Waals surface area (Å²) in [6, 6.07) is 16.3. The van der Waals surface area contributed by atoms with Crippen molar-refractivity contribution < 1.29 is 9.90 Å². The number of hydrogen-bond donors (Lipinski definition) is 1. The third-order valence-electron chi connectivity index (χ3n) is 2.69. The monoisotopic (exact) mass is 226 g/mol. The highest BCUT2D eigenvalue weighted by atomic mass is 16.3. The van der Waals surface area contributed by atoms with Crippen LogP contribution in [-0.4, -0.2) is 10.9 Å². The second-order valence-electron chi connectivity index (χ2n) is 3.96. The Morgan fingerprint density at radius 3 is 2.24 bits per heavy atom. The molecule has 0 amide bonds. The van der Waals surface area contributed by atoms with Crippen molar-refractivity contribution in [2.24, 2.45) is 0 Å². The van der Waals surface area contributed by atoms with Crippen LogP contribution in [0, 0.1) is 0 Å². The Morgan fingerprint density at radius 2 is 1.59 bits per heavy atom. The molecule has 0 bridgehead atoms. The van der Waals surface area contributed by atoms with Gasteiger partial charge in [0, 0.05) is 11.1 Å². The van der Waals surface area contributed by atoms with Crippen molar-refractivity contribution in [2.75, 3.05) is 0 Å². The van der Waals surface area contributed by atoms with Crippen LogP contribution in [0.2, 0.25) is 0 Å². The topological polar surface area (TPSA) is 37.3 Å². The van der Waals surface area contributed by atoms with E-state index in [-0.39, 0.29) is 5.78 Å². The fourth-order valence-corrected chi connectivity index (χ4v) is 1.81. The van der Waals surface area contributed by atoms with Gasteiger partial charge < -0.3 is 5.11 Å². The quantitative estimate of drug-likeness (QED) is 0.817. The Kier molecular flexibility index (Phi) is 3.35. The molecule has 0 saturated heterocycles. The van der Waals surface area contributed by atoms with Crippen molar-refractivity contribution >= 4 is 5.78 Å². The number of hydrogen-bond acceptors (Lipinski definition) is 2. The van der Waals surface area contributed by atoms with Crippen molar-refractivity contribution in [3.05, 3.63) is 71.3 Å². The molecule has 0 aliphatic rings. The van der Waals surface area contributed by atoms with Gasteiger partial charge in [-0.3, -0.25) is 4.79 Å². The van der Waals surface area contributed by atoms with Crippen LogP contribution < -0.4 is 0 Å². The molecule has 0 heterocycles. The number of ketones is 1. The Labute approximate surface area is 101 Å². The summed E-state index contributed by atoms with van der Waals surface area (Å²) in [7, 11) is 0. The third-order valence-corrected chi connectivity index (χ3v) is 2.69. The maximum absolute atomic E-state index is 12.3. The fourth-order valence-electron chi connectivity index (χ4n) is 1.81. The molecule has 0 aromatic heterocycles. The molecule has 0 radical (unpaired) electrons. The van der Waals surface area contributed by atoms with Gasteiger partial charge in [-0.25, -0.2) is 0 Å². The second-order valence-corrected chi connectivity index (χ2v) is 3.96. The van der Waals surface area contributed by atoms with Gasteiger partial charge in [0.25, 0.3) is 0 Å². The molecule has 2 aromatic rings. The summed E-state index contributed by atoms with van der Waals surface area (Å²) >= 11 is 0. The molecule has 0 aliphatic heterocycles. The van der Waals surface area contributed by atoms with E-state index in [1.54, 1.807) is 31.2 Å². The van der Waals surface area contributed by atoms with E-state index in [9.17, 15) is 9.90 Å². The summed E-state index contributed by atoms with van der Waals surface area (Å²) < 4.78 is 0. The van der Waals surface area contributed by atoms with E-state index in [0.717, 1.165) is 0 Å². The summed E-state index contributed by atoms with van der Waals surface area (Å²) in [5.41, 5.74) is 1.87. The van der Waals surface area contributed by atoms with E-state index in [0.29, 0.717) is 16.7 Å². The first-order valence-electron chi connectivity index (χ1n) is 5.57. The molecule has 0 fully saturated rings. The lowest BCUT2D eigenvalue weighted by Crippen LogP contribution is -2.07. The molecule has 2 aromatic carbocycles. The van der Waals surface area contributed by atoms with Gasteiger partial charge in [0.15, 0.2) is 5.78 Å². The maximum atomic E-state index is 12.3. The van der Waals surface area contributed by atoms with Gasteiger partial charge in [-0.05, 0) is 12.5 Å². The van der Waals surface area contributed by atoms with Crippen LogP contribution in [0.15, 0.2) is 54.6 Å². The number of rotatable bonds is 3. The van der Waals surface area contributed by atoms with Gasteiger partial charge in [-0.2, -0.15) is 0 Å². The predicted octanol–water partition coefficient (Wildman–Crippen LogP) is 2.97. The Bertz CT molecular complexity index is 515. The number of benzene rings is 2. The van der Waals surface area contributed by atoms with Crippen molar-refractivity contribution in [3.8, 4) is 0 Å². The van der Waals surface area contributed by atoms with Gasteiger partial charge in [0.2, 0.25) is 0 Å². The lowest BCUT2D eigenvalue weighted by molar-refractivity contribution is 0.103. The molecule has 0 saturated carbocycles. The number of carbonyl (C=O) groups is 1. The van der Waals surface area contributed by atoms with Crippen LogP contribution in [0.5, 0.6) is 0 Å². The second kappa shape index (κ2) is 4.93. The van der Waals surface area contributed by atoms with Gasteiger partial charge in [0.05, 0.1) is 6.10 Å². The zero-order valence-electron chi connectivity index (χ0n) is 9.63. The van der Waals surface area contributed by atoms with Gasteiger partial charge >= 0.3 is 0 Å². The third kappa shape index (κ3) is 2.43. The smallest absolute Gasteiger partial charge is 0.193 e. The van der Waals surface area contributed by atoms with E-state index in [2.05, 4.69) is 0 Å². The van der Waals surface area contributed by atoms with Crippen LogP contribution in [0.25, 0.3) is 0 Å². The van der Waals surface area contributed by atoms with Gasteiger partial charge in [0.1, 0.15) is 0 Å². The summed E-state index contributed by atoms with van der Waals surface area (Å²) in [6.07, 6.45) is -0.640. The molecule has 2 heteroatoms. The number of carbonyl (C=O) groups excluding carboxylic acids is 1. The minimum atomic E-state index is -0.640.